The number of nitrogens with zero attached hydrogens (tertiary/aromatic N) is 2. The Morgan fingerprint density at radius 2 is 2.21 bits per heavy atom. The SMILES string of the molecule is CC(=O)N[C@H]1CCCN(Cc2cscn2)[C@H]1Cc1ccc(F)cc1. The summed E-state index contributed by atoms with van der Waals surface area (Å²) in [7, 11) is 0. The molecule has 1 saturated heterocycles. The van der Waals surface area contributed by atoms with Crippen molar-refractivity contribution in [2.75, 3.05) is 6.54 Å². The molecule has 2 heterocycles. The first-order chi connectivity index (χ1) is 11.6. The van der Waals surface area contributed by atoms with Crippen molar-refractivity contribution in [3.8, 4) is 0 Å². The Kier molecular flexibility index (Phi) is 5.58. The Balaban J connectivity index is 1.79. The number of thiazole rings is 1. The monoisotopic (exact) mass is 347 g/mol. The van der Waals surface area contributed by atoms with Crippen LogP contribution < -0.4 is 5.32 Å². The summed E-state index contributed by atoms with van der Waals surface area (Å²) in [6, 6.07) is 6.95. The molecule has 1 aliphatic heterocycles. The maximum Gasteiger partial charge on any atom is 0.217 e. The van der Waals surface area contributed by atoms with Crippen LogP contribution in [0.4, 0.5) is 4.39 Å². The van der Waals surface area contributed by atoms with E-state index >= 15 is 0 Å². The third-order valence-corrected chi connectivity index (χ3v) is 5.12. The predicted molar refractivity (Wildman–Crippen MR) is 93.3 cm³/mol. The van der Waals surface area contributed by atoms with Gasteiger partial charge in [0, 0.05) is 30.9 Å². The molecule has 6 heteroatoms. The molecule has 3 rings (SSSR count). The summed E-state index contributed by atoms with van der Waals surface area (Å²) in [4.78, 5) is 18.4. The fourth-order valence-electron chi connectivity index (χ4n) is 3.41. The lowest BCUT2D eigenvalue weighted by Gasteiger charge is -2.41. The maximum atomic E-state index is 13.2. The fourth-order valence-corrected chi connectivity index (χ4v) is 3.96. The molecule has 0 aliphatic carbocycles. The minimum atomic E-state index is -0.222. The molecule has 0 unspecified atom stereocenters. The summed E-state index contributed by atoms with van der Waals surface area (Å²) in [5, 5.41) is 5.17. The van der Waals surface area contributed by atoms with E-state index in [0.717, 1.165) is 43.6 Å². The number of benzene rings is 1. The average Bonchev–Trinajstić information content (AvgIpc) is 3.05. The van der Waals surface area contributed by atoms with E-state index in [-0.39, 0.29) is 23.8 Å². The number of carbonyl (C=O) groups excluding carboxylic acids is 1. The summed E-state index contributed by atoms with van der Waals surface area (Å²) >= 11 is 1.60. The van der Waals surface area contributed by atoms with Gasteiger partial charge >= 0.3 is 0 Å². The number of piperidine rings is 1. The second kappa shape index (κ2) is 7.85. The molecule has 0 saturated carbocycles. The second-order valence-electron chi connectivity index (χ2n) is 6.30. The number of carbonyl (C=O) groups is 1. The topological polar surface area (TPSA) is 45.2 Å². The molecular weight excluding hydrogens is 325 g/mol. The largest absolute Gasteiger partial charge is 0.352 e. The van der Waals surface area contributed by atoms with Crippen molar-refractivity contribution in [3.63, 3.8) is 0 Å². The van der Waals surface area contributed by atoms with Gasteiger partial charge in [-0.2, -0.15) is 0 Å². The average molecular weight is 347 g/mol. The third kappa shape index (κ3) is 4.39. The van der Waals surface area contributed by atoms with Gasteiger partial charge in [-0.05, 0) is 43.5 Å². The number of amides is 1. The Hall–Kier alpha value is -1.79. The van der Waals surface area contributed by atoms with Gasteiger partial charge in [-0.1, -0.05) is 12.1 Å². The lowest BCUT2D eigenvalue weighted by molar-refractivity contribution is -0.120. The molecule has 1 aromatic heterocycles. The molecule has 1 fully saturated rings. The van der Waals surface area contributed by atoms with Gasteiger partial charge in [0.15, 0.2) is 0 Å². The minimum Gasteiger partial charge on any atom is -0.352 e. The lowest BCUT2D eigenvalue weighted by Crippen LogP contribution is -2.55. The van der Waals surface area contributed by atoms with E-state index in [9.17, 15) is 9.18 Å². The number of hydrogen-bond donors (Lipinski definition) is 1. The predicted octanol–water partition coefficient (Wildman–Crippen LogP) is 2.99. The highest BCUT2D eigenvalue weighted by atomic mass is 32.1. The zero-order valence-electron chi connectivity index (χ0n) is 13.7. The van der Waals surface area contributed by atoms with Crippen molar-refractivity contribution in [3.05, 3.63) is 52.2 Å². The highest BCUT2D eigenvalue weighted by Crippen LogP contribution is 2.24. The summed E-state index contributed by atoms with van der Waals surface area (Å²) in [6.07, 6.45) is 2.81. The molecule has 128 valence electrons. The third-order valence-electron chi connectivity index (χ3n) is 4.49. The van der Waals surface area contributed by atoms with Crippen LogP contribution in [0.5, 0.6) is 0 Å². The van der Waals surface area contributed by atoms with Crippen LogP contribution >= 0.6 is 11.3 Å². The summed E-state index contributed by atoms with van der Waals surface area (Å²) < 4.78 is 13.2. The van der Waals surface area contributed by atoms with Crippen LogP contribution in [-0.2, 0) is 17.8 Å². The molecule has 2 aromatic rings. The van der Waals surface area contributed by atoms with Gasteiger partial charge in [0.1, 0.15) is 5.82 Å². The van der Waals surface area contributed by atoms with Crippen LogP contribution in [0.15, 0.2) is 35.2 Å². The molecule has 1 N–H and O–H groups in total. The molecule has 24 heavy (non-hydrogen) atoms. The van der Waals surface area contributed by atoms with Crippen LogP contribution in [0.3, 0.4) is 0 Å². The van der Waals surface area contributed by atoms with Crippen molar-refractivity contribution in [1.29, 1.82) is 0 Å². The number of hydrogen-bond acceptors (Lipinski definition) is 4. The highest BCUT2D eigenvalue weighted by Gasteiger charge is 2.32. The number of nitrogens with one attached hydrogen (secondary N) is 1. The van der Waals surface area contributed by atoms with Crippen molar-refractivity contribution in [2.45, 2.75) is 44.8 Å². The van der Waals surface area contributed by atoms with Gasteiger partial charge < -0.3 is 5.32 Å². The van der Waals surface area contributed by atoms with Crippen molar-refractivity contribution in [1.82, 2.24) is 15.2 Å². The highest BCUT2D eigenvalue weighted by molar-refractivity contribution is 7.07. The van der Waals surface area contributed by atoms with Gasteiger partial charge in [-0.15, -0.1) is 11.3 Å². The molecule has 0 radical (unpaired) electrons. The quantitative estimate of drug-likeness (QED) is 0.904. The Labute approximate surface area is 145 Å². The number of rotatable bonds is 5. The smallest absolute Gasteiger partial charge is 0.217 e. The van der Waals surface area contributed by atoms with E-state index in [1.54, 1.807) is 18.3 Å². The molecular formula is C18H22FN3OS. The molecule has 1 aliphatic rings. The second-order valence-corrected chi connectivity index (χ2v) is 7.02. The summed E-state index contributed by atoms with van der Waals surface area (Å²) in [6.45, 7) is 3.33. The van der Waals surface area contributed by atoms with Gasteiger partial charge in [0.2, 0.25) is 5.91 Å². The maximum absolute atomic E-state index is 13.2. The van der Waals surface area contributed by atoms with E-state index in [4.69, 9.17) is 0 Å². The van der Waals surface area contributed by atoms with Crippen molar-refractivity contribution in [2.24, 2.45) is 0 Å². The van der Waals surface area contributed by atoms with Crippen LogP contribution in [0.1, 0.15) is 31.0 Å². The van der Waals surface area contributed by atoms with Crippen LogP contribution in [0, 0.1) is 5.82 Å². The normalized spacial score (nSPS) is 21.6. The first kappa shape index (κ1) is 17.0. The first-order valence-electron chi connectivity index (χ1n) is 8.24. The van der Waals surface area contributed by atoms with E-state index in [0.29, 0.717) is 0 Å². The fraction of sp³-hybridized carbons (Fsp3) is 0.444. The van der Waals surface area contributed by atoms with E-state index in [1.165, 1.54) is 12.1 Å². The molecule has 0 spiro atoms. The van der Waals surface area contributed by atoms with Gasteiger partial charge in [0.05, 0.1) is 11.2 Å². The zero-order valence-corrected chi connectivity index (χ0v) is 14.6. The lowest BCUT2D eigenvalue weighted by atomic mass is 9.90. The van der Waals surface area contributed by atoms with Crippen molar-refractivity contribution >= 4 is 17.2 Å². The standard InChI is InChI=1S/C18H22FN3OS/c1-13(23)21-17-3-2-8-22(10-16-11-24-12-20-16)18(17)9-14-4-6-15(19)7-5-14/h4-7,11-12,17-18H,2-3,8-10H2,1H3,(H,21,23)/t17-,18-/m0/s1. The molecule has 1 amide bonds. The van der Waals surface area contributed by atoms with Gasteiger partial charge in [-0.25, -0.2) is 9.37 Å². The van der Waals surface area contributed by atoms with Gasteiger partial charge in [0.25, 0.3) is 0 Å². The zero-order chi connectivity index (χ0) is 16.9. The van der Waals surface area contributed by atoms with E-state index in [1.807, 2.05) is 17.6 Å². The molecule has 0 bridgehead atoms. The summed E-state index contributed by atoms with van der Waals surface area (Å²) in [5.74, 6) is -0.222. The molecule has 2 atom stereocenters. The molecule has 4 nitrogen and oxygen atoms in total. The van der Waals surface area contributed by atoms with Crippen LogP contribution in [-0.4, -0.2) is 34.4 Å². The van der Waals surface area contributed by atoms with Crippen LogP contribution in [0.25, 0.3) is 0 Å². The molecule has 1 aromatic carbocycles. The number of likely N-dealkylation sites (tertiary alicyclic amines) is 1. The number of aromatic nitrogens is 1. The first-order valence-corrected chi connectivity index (χ1v) is 9.19. The van der Waals surface area contributed by atoms with Crippen molar-refractivity contribution < 1.29 is 9.18 Å². The minimum absolute atomic E-state index is 0.000357. The van der Waals surface area contributed by atoms with E-state index in [2.05, 4.69) is 20.6 Å². The van der Waals surface area contributed by atoms with E-state index < -0.39 is 0 Å². The number of halogens is 1. The van der Waals surface area contributed by atoms with Gasteiger partial charge in [-0.3, -0.25) is 9.69 Å². The Morgan fingerprint density at radius 3 is 2.88 bits per heavy atom. The summed E-state index contributed by atoms with van der Waals surface area (Å²) in [5.41, 5.74) is 3.99. The Bertz CT molecular complexity index is 659. The Morgan fingerprint density at radius 1 is 1.42 bits per heavy atom. The van der Waals surface area contributed by atoms with Crippen LogP contribution in [0.2, 0.25) is 0 Å².